The number of hydrogen-bond acceptors (Lipinski definition) is 2. The summed E-state index contributed by atoms with van der Waals surface area (Å²) in [4.78, 5) is 16.9. The smallest absolute Gasteiger partial charge is 0.136 e. The molecule has 3 heteroatoms. The molecule has 2 atom stereocenters. The van der Waals surface area contributed by atoms with E-state index < -0.39 is 0 Å². The summed E-state index contributed by atoms with van der Waals surface area (Å²) < 4.78 is 0. The Morgan fingerprint density at radius 1 is 0.854 bits per heavy atom. The van der Waals surface area contributed by atoms with Crippen molar-refractivity contribution in [3.05, 3.63) is 82.2 Å². The average molecular weight is 562 g/mol. The maximum atomic E-state index is 12.7. The second-order valence-corrected chi connectivity index (χ2v) is 11.9. The molecule has 1 aromatic carbocycles. The van der Waals surface area contributed by atoms with Crippen LogP contribution in [0.5, 0.6) is 0 Å². The van der Waals surface area contributed by atoms with Crippen LogP contribution in [-0.4, -0.2) is 16.2 Å². The van der Waals surface area contributed by atoms with E-state index in [1.807, 2.05) is 26.2 Å². The zero-order valence-electron chi connectivity index (χ0n) is 27.5. The van der Waals surface area contributed by atoms with Crippen molar-refractivity contribution in [3.8, 4) is 0 Å². The first-order valence-electron chi connectivity index (χ1n) is 16.2. The van der Waals surface area contributed by atoms with Crippen molar-refractivity contribution in [2.75, 3.05) is 0 Å². The number of carbonyl (C=O) groups excluding carboxylic acids is 1. The molecule has 0 bridgehead atoms. The molecule has 0 radical (unpaired) electrons. The van der Waals surface area contributed by atoms with E-state index in [0.717, 1.165) is 38.0 Å². The van der Waals surface area contributed by atoms with Gasteiger partial charge in [-0.2, -0.15) is 0 Å². The number of aryl methyl sites for hydroxylation is 3. The van der Waals surface area contributed by atoms with Crippen LogP contribution in [-0.2, 0) is 4.79 Å². The zero-order chi connectivity index (χ0) is 29.5. The third kappa shape index (κ3) is 11.3. The molecule has 41 heavy (non-hydrogen) atoms. The first kappa shape index (κ1) is 36.5. The fraction of sp³-hybridized carbons (Fsp3) is 0.579. The van der Waals surface area contributed by atoms with Crippen molar-refractivity contribution in [3.63, 3.8) is 0 Å². The number of aromatic nitrogens is 1. The minimum Gasteiger partial charge on any atom is -0.412 e. The molecule has 1 heterocycles. The third-order valence-corrected chi connectivity index (χ3v) is 8.65. The summed E-state index contributed by atoms with van der Waals surface area (Å²) in [5, 5.41) is 0. The van der Waals surface area contributed by atoms with E-state index in [9.17, 15) is 4.79 Å². The predicted molar refractivity (Wildman–Crippen MR) is 178 cm³/mol. The standard InChI is InChI=1S/C23H29NO.C10H14.C3H8.C2H6.H2O/c25-23(11-6-17-4-2-1-3-5-17)20-8-10-22-19(16-20)7-9-21(22)18-12-14-24-15-13-18;1-7-5-8(2)10(4)9(3)6-7;1-3-2;1-2;/h7,9,12-15,17,20,22H,1-6,8,10-11,16H2;5-6H,1-4H3;3H2,1-2H3;1-2H3;1H2. The number of benzene rings is 1. The summed E-state index contributed by atoms with van der Waals surface area (Å²) in [7, 11) is 0. The van der Waals surface area contributed by atoms with Gasteiger partial charge >= 0.3 is 0 Å². The Bertz CT molecular complexity index is 1070. The average Bonchev–Trinajstić information content (AvgIpc) is 3.41. The zero-order valence-corrected chi connectivity index (χ0v) is 27.5. The summed E-state index contributed by atoms with van der Waals surface area (Å²) in [5.74, 6) is 2.16. The van der Waals surface area contributed by atoms with E-state index in [1.165, 1.54) is 77.5 Å². The van der Waals surface area contributed by atoms with E-state index in [-0.39, 0.29) is 11.4 Å². The molecule has 2 fully saturated rings. The first-order chi connectivity index (χ1) is 19.3. The topological polar surface area (TPSA) is 61.5 Å². The van der Waals surface area contributed by atoms with E-state index in [2.05, 4.69) is 82.9 Å². The monoisotopic (exact) mass is 561 g/mol. The predicted octanol–water partition coefficient (Wildman–Crippen LogP) is 10.3. The van der Waals surface area contributed by atoms with Crippen LogP contribution in [0.25, 0.3) is 5.57 Å². The lowest BCUT2D eigenvalue weighted by Gasteiger charge is -2.30. The molecule has 3 nitrogen and oxygen atoms in total. The molecule has 0 amide bonds. The van der Waals surface area contributed by atoms with Crippen LogP contribution >= 0.6 is 0 Å². The Labute approximate surface area is 252 Å². The van der Waals surface area contributed by atoms with Gasteiger partial charge in [0.15, 0.2) is 0 Å². The van der Waals surface area contributed by atoms with E-state index in [0.29, 0.717) is 11.7 Å². The SMILES string of the molecule is CC.CCC.Cc1cc(C)c(C)c(C)c1.O.O=C(CCC1CCCCC1)C1CCC2C(=CC=C2c2ccncc2)C1. The van der Waals surface area contributed by atoms with Crippen molar-refractivity contribution in [1.82, 2.24) is 4.98 Å². The van der Waals surface area contributed by atoms with Gasteiger partial charge in [-0.05, 0) is 99.3 Å². The molecule has 3 aliphatic rings. The van der Waals surface area contributed by atoms with Gasteiger partial charge in [0.1, 0.15) is 5.78 Å². The molecule has 3 aliphatic carbocycles. The molecule has 2 saturated carbocycles. The van der Waals surface area contributed by atoms with E-state index >= 15 is 0 Å². The molecule has 0 aliphatic heterocycles. The Kier molecular flexibility index (Phi) is 17.4. The highest BCUT2D eigenvalue weighted by molar-refractivity contribution is 5.83. The maximum absolute atomic E-state index is 12.7. The van der Waals surface area contributed by atoms with Gasteiger partial charge in [-0.25, -0.2) is 0 Å². The van der Waals surface area contributed by atoms with Crippen molar-refractivity contribution >= 4 is 11.4 Å². The molecule has 0 spiro atoms. The van der Waals surface area contributed by atoms with Gasteiger partial charge in [-0.15, -0.1) is 0 Å². The van der Waals surface area contributed by atoms with Crippen molar-refractivity contribution < 1.29 is 10.3 Å². The summed E-state index contributed by atoms with van der Waals surface area (Å²) in [6.07, 6.45) is 21.5. The lowest BCUT2D eigenvalue weighted by molar-refractivity contribution is -0.123. The summed E-state index contributed by atoms with van der Waals surface area (Å²) in [6, 6.07) is 8.65. The van der Waals surface area contributed by atoms with Crippen LogP contribution in [0.1, 0.15) is 126 Å². The van der Waals surface area contributed by atoms with Gasteiger partial charge in [-0.3, -0.25) is 9.78 Å². The minimum atomic E-state index is 0. The lowest BCUT2D eigenvalue weighted by atomic mass is 9.73. The number of pyridine rings is 1. The number of Topliss-reactive ketones (excluding diaryl/α,β-unsaturated/α-hetero) is 1. The Morgan fingerprint density at radius 3 is 2.02 bits per heavy atom. The van der Waals surface area contributed by atoms with Crippen LogP contribution in [0.2, 0.25) is 0 Å². The summed E-state index contributed by atoms with van der Waals surface area (Å²) in [5.41, 5.74) is 9.77. The first-order valence-corrected chi connectivity index (χ1v) is 16.2. The molecule has 1 aromatic heterocycles. The number of carbonyl (C=O) groups is 1. The summed E-state index contributed by atoms with van der Waals surface area (Å²) in [6.45, 7) is 16.9. The number of fused-ring (bicyclic) bond motifs is 1. The number of allylic oxidation sites excluding steroid dienone is 4. The largest absolute Gasteiger partial charge is 0.412 e. The van der Waals surface area contributed by atoms with Crippen LogP contribution in [0, 0.1) is 45.4 Å². The normalized spacial score (nSPS) is 19.3. The Hall–Kier alpha value is -2.52. The highest BCUT2D eigenvalue weighted by atomic mass is 16.1. The van der Waals surface area contributed by atoms with E-state index in [1.54, 1.807) is 0 Å². The molecule has 228 valence electrons. The molecule has 2 N–H and O–H groups in total. The third-order valence-electron chi connectivity index (χ3n) is 8.65. The second-order valence-electron chi connectivity index (χ2n) is 11.9. The van der Waals surface area contributed by atoms with Crippen LogP contribution in [0.4, 0.5) is 0 Å². The highest BCUT2D eigenvalue weighted by Gasteiger charge is 2.33. The molecule has 2 unspecified atom stereocenters. The van der Waals surface area contributed by atoms with Crippen LogP contribution in [0.3, 0.4) is 0 Å². The number of ketones is 1. The lowest BCUT2D eigenvalue weighted by Crippen LogP contribution is -2.24. The van der Waals surface area contributed by atoms with Gasteiger partial charge in [0, 0.05) is 30.7 Å². The molecular formula is C38H59NO2. The van der Waals surface area contributed by atoms with Gasteiger partial charge in [0.2, 0.25) is 0 Å². The minimum absolute atomic E-state index is 0. The van der Waals surface area contributed by atoms with Gasteiger partial charge in [0.25, 0.3) is 0 Å². The fourth-order valence-corrected chi connectivity index (χ4v) is 6.33. The number of hydrogen-bond donors (Lipinski definition) is 0. The van der Waals surface area contributed by atoms with Crippen molar-refractivity contribution in [2.45, 2.75) is 126 Å². The van der Waals surface area contributed by atoms with Crippen molar-refractivity contribution in [2.24, 2.45) is 17.8 Å². The fourth-order valence-electron chi connectivity index (χ4n) is 6.33. The second kappa shape index (κ2) is 19.6. The molecule has 0 saturated heterocycles. The summed E-state index contributed by atoms with van der Waals surface area (Å²) >= 11 is 0. The maximum Gasteiger partial charge on any atom is 0.136 e. The van der Waals surface area contributed by atoms with Crippen LogP contribution < -0.4 is 0 Å². The molecule has 5 rings (SSSR count). The number of rotatable bonds is 5. The highest BCUT2D eigenvalue weighted by Crippen LogP contribution is 2.45. The van der Waals surface area contributed by atoms with Gasteiger partial charge < -0.3 is 5.48 Å². The van der Waals surface area contributed by atoms with E-state index in [4.69, 9.17) is 0 Å². The Balaban J connectivity index is 0.000000441. The number of nitrogens with zero attached hydrogens (tertiary/aromatic N) is 1. The van der Waals surface area contributed by atoms with Gasteiger partial charge in [-0.1, -0.05) is 102 Å². The quantitative estimate of drug-likeness (QED) is 0.364. The molecular weight excluding hydrogens is 502 g/mol. The Morgan fingerprint density at radius 2 is 1.44 bits per heavy atom. The van der Waals surface area contributed by atoms with Crippen molar-refractivity contribution in [1.29, 1.82) is 0 Å². The molecule has 2 aromatic rings. The van der Waals surface area contributed by atoms with Crippen LogP contribution in [0.15, 0.2) is 54.4 Å². The van der Waals surface area contributed by atoms with Gasteiger partial charge in [0.05, 0.1) is 0 Å².